The first-order valence-corrected chi connectivity index (χ1v) is 12.5. The fraction of sp³-hybridized carbons (Fsp3) is 0.708. The Morgan fingerprint density at radius 2 is 1.77 bits per heavy atom. The number of carbonyl (C=O) groups is 1. The van der Waals surface area contributed by atoms with Crippen LogP contribution in [0.4, 0.5) is 5.82 Å². The fourth-order valence-electron chi connectivity index (χ4n) is 4.66. The number of rotatable bonds is 4. The number of thiophene rings is 1. The second kappa shape index (κ2) is 8.81. The standard InChI is InChI=1S/C24H36N4OS/c1-5-9-19-25-22(21-17-10-7-6-8-11-18(17)30-23(21)26-19)28-14-12-27(13-15-28)20(29)16-24(2,3)4/h5-16H2,1-4H3. The highest BCUT2D eigenvalue weighted by Crippen LogP contribution is 2.39. The summed E-state index contributed by atoms with van der Waals surface area (Å²) in [6.07, 6.45) is 8.82. The van der Waals surface area contributed by atoms with E-state index < -0.39 is 0 Å². The molecule has 30 heavy (non-hydrogen) atoms. The number of hydrogen-bond acceptors (Lipinski definition) is 5. The van der Waals surface area contributed by atoms with E-state index in [1.54, 1.807) is 0 Å². The number of piperazine rings is 1. The van der Waals surface area contributed by atoms with Crippen LogP contribution in [0.3, 0.4) is 0 Å². The van der Waals surface area contributed by atoms with E-state index in [1.165, 1.54) is 46.3 Å². The molecule has 0 aromatic carbocycles. The maximum absolute atomic E-state index is 12.7. The summed E-state index contributed by atoms with van der Waals surface area (Å²) in [6.45, 7) is 11.9. The number of carbonyl (C=O) groups excluding carboxylic acids is 1. The predicted molar refractivity (Wildman–Crippen MR) is 126 cm³/mol. The molecule has 0 atom stereocenters. The van der Waals surface area contributed by atoms with Gasteiger partial charge in [0.25, 0.3) is 0 Å². The number of fused-ring (bicyclic) bond motifs is 3. The summed E-state index contributed by atoms with van der Waals surface area (Å²) in [4.78, 5) is 29.9. The maximum Gasteiger partial charge on any atom is 0.223 e. The zero-order valence-corrected chi connectivity index (χ0v) is 19.9. The Labute approximate surface area is 184 Å². The van der Waals surface area contributed by atoms with E-state index in [2.05, 4.69) is 32.6 Å². The fourth-order valence-corrected chi connectivity index (χ4v) is 5.93. The van der Waals surface area contributed by atoms with E-state index in [0.717, 1.165) is 57.1 Å². The predicted octanol–water partition coefficient (Wildman–Crippen LogP) is 5.00. The van der Waals surface area contributed by atoms with E-state index in [1.807, 2.05) is 16.2 Å². The zero-order valence-electron chi connectivity index (χ0n) is 19.1. The van der Waals surface area contributed by atoms with Gasteiger partial charge in [-0.2, -0.15) is 0 Å². The van der Waals surface area contributed by atoms with Crippen molar-refractivity contribution in [3.63, 3.8) is 0 Å². The summed E-state index contributed by atoms with van der Waals surface area (Å²) in [5, 5.41) is 1.31. The van der Waals surface area contributed by atoms with Crippen LogP contribution in [0.2, 0.25) is 0 Å². The van der Waals surface area contributed by atoms with E-state index in [0.29, 0.717) is 6.42 Å². The third-order valence-corrected chi connectivity index (χ3v) is 7.36. The molecule has 0 saturated carbocycles. The van der Waals surface area contributed by atoms with Gasteiger partial charge in [0.15, 0.2) is 0 Å². The van der Waals surface area contributed by atoms with Gasteiger partial charge in [-0.3, -0.25) is 4.79 Å². The molecule has 0 unspecified atom stereocenters. The Kier molecular flexibility index (Phi) is 6.33. The number of aryl methyl sites for hydroxylation is 3. The number of anilines is 1. The first-order chi connectivity index (χ1) is 14.4. The van der Waals surface area contributed by atoms with Gasteiger partial charge in [-0.1, -0.05) is 34.1 Å². The minimum atomic E-state index is 0.0380. The molecule has 1 aliphatic carbocycles. The largest absolute Gasteiger partial charge is 0.352 e. The van der Waals surface area contributed by atoms with Gasteiger partial charge in [-0.15, -0.1) is 11.3 Å². The molecule has 1 aliphatic heterocycles. The lowest BCUT2D eigenvalue weighted by molar-refractivity contribution is -0.133. The summed E-state index contributed by atoms with van der Waals surface area (Å²) in [5.74, 6) is 2.39. The molecule has 1 saturated heterocycles. The third-order valence-electron chi connectivity index (χ3n) is 6.18. The maximum atomic E-state index is 12.7. The molecule has 0 radical (unpaired) electrons. The van der Waals surface area contributed by atoms with Gasteiger partial charge in [-0.05, 0) is 43.1 Å². The molecule has 4 rings (SSSR count). The monoisotopic (exact) mass is 428 g/mol. The van der Waals surface area contributed by atoms with E-state index >= 15 is 0 Å². The van der Waals surface area contributed by atoms with Crippen LogP contribution >= 0.6 is 11.3 Å². The first kappa shape index (κ1) is 21.5. The van der Waals surface area contributed by atoms with Gasteiger partial charge in [0.05, 0.1) is 5.39 Å². The topological polar surface area (TPSA) is 49.3 Å². The minimum Gasteiger partial charge on any atom is -0.352 e. The SMILES string of the molecule is CCCc1nc(N2CCN(C(=O)CC(C)(C)C)CC2)c2c3c(sc2n1)CCCCC3. The molecule has 1 amide bonds. The minimum absolute atomic E-state index is 0.0380. The van der Waals surface area contributed by atoms with Gasteiger partial charge in [0.2, 0.25) is 5.91 Å². The van der Waals surface area contributed by atoms with Crippen molar-refractivity contribution in [3.8, 4) is 0 Å². The molecular weight excluding hydrogens is 392 g/mol. The second-order valence-electron chi connectivity index (χ2n) is 10.1. The number of aromatic nitrogens is 2. The molecule has 1 fully saturated rings. The highest BCUT2D eigenvalue weighted by molar-refractivity contribution is 7.19. The van der Waals surface area contributed by atoms with Crippen molar-refractivity contribution in [2.24, 2.45) is 5.41 Å². The number of hydrogen-bond donors (Lipinski definition) is 0. The molecule has 6 heteroatoms. The zero-order chi connectivity index (χ0) is 21.3. The van der Waals surface area contributed by atoms with Crippen molar-refractivity contribution in [1.29, 1.82) is 0 Å². The summed E-state index contributed by atoms with van der Waals surface area (Å²) in [7, 11) is 0. The lowest BCUT2D eigenvalue weighted by Gasteiger charge is -2.37. The molecule has 2 aliphatic rings. The van der Waals surface area contributed by atoms with Gasteiger partial charge >= 0.3 is 0 Å². The average molecular weight is 429 g/mol. The summed E-state index contributed by atoms with van der Waals surface area (Å²) < 4.78 is 0. The van der Waals surface area contributed by atoms with Crippen molar-refractivity contribution in [2.75, 3.05) is 31.1 Å². The second-order valence-corrected chi connectivity index (χ2v) is 11.1. The van der Waals surface area contributed by atoms with Crippen molar-refractivity contribution < 1.29 is 4.79 Å². The van der Waals surface area contributed by atoms with Crippen LogP contribution in [0.1, 0.15) is 76.1 Å². The lowest BCUT2D eigenvalue weighted by Crippen LogP contribution is -2.49. The number of amides is 1. The molecule has 0 bridgehead atoms. The molecule has 5 nitrogen and oxygen atoms in total. The van der Waals surface area contributed by atoms with Gasteiger partial charge < -0.3 is 9.80 Å². The van der Waals surface area contributed by atoms with Crippen LogP contribution < -0.4 is 4.90 Å². The average Bonchev–Trinajstić information content (AvgIpc) is 2.87. The normalized spacial score (nSPS) is 17.9. The van der Waals surface area contributed by atoms with E-state index in [-0.39, 0.29) is 11.3 Å². The molecular formula is C24H36N4OS. The Bertz CT molecular complexity index is 906. The van der Waals surface area contributed by atoms with E-state index in [4.69, 9.17) is 9.97 Å². The quantitative estimate of drug-likeness (QED) is 0.643. The Hall–Kier alpha value is -1.69. The van der Waals surface area contributed by atoms with Crippen LogP contribution in [0, 0.1) is 5.41 Å². The summed E-state index contributed by atoms with van der Waals surface area (Å²) in [5.41, 5.74) is 1.55. The van der Waals surface area contributed by atoms with Crippen LogP contribution in [0.25, 0.3) is 10.2 Å². The van der Waals surface area contributed by atoms with Gasteiger partial charge in [0, 0.05) is 43.9 Å². The summed E-state index contributed by atoms with van der Waals surface area (Å²) in [6, 6.07) is 0. The third kappa shape index (κ3) is 4.63. The Morgan fingerprint density at radius 3 is 2.47 bits per heavy atom. The van der Waals surface area contributed by atoms with E-state index in [9.17, 15) is 4.79 Å². The smallest absolute Gasteiger partial charge is 0.223 e. The Balaban J connectivity index is 1.62. The van der Waals surface area contributed by atoms with Crippen LogP contribution in [0.15, 0.2) is 0 Å². The summed E-state index contributed by atoms with van der Waals surface area (Å²) >= 11 is 1.90. The van der Waals surface area contributed by atoms with Crippen LogP contribution in [-0.4, -0.2) is 47.0 Å². The highest BCUT2D eigenvalue weighted by Gasteiger charge is 2.28. The Morgan fingerprint density at radius 1 is 1.03 bits per heavy atom. The molecule has 3 heterocycles. The molecule has 2 aromatic heterocycles. The molecule has 0 spiro atoms. The van der Waals surface area contributed by atoms with Crippen molar-refractivity contribution >= 4 is 33.3 Å². The number of nitrogens with zero attached hydrogens (tertiary/aromatic N) is 4. The van der Waals surface area contributed by atoms with Gasteiger partial charge in [0.1, 0.15) is 16.5 Å². The molecule has 164 valence electrons. The molecule has 2 aromatic rings. The first-order valence-electron chi connectivity index (χ1n) is 11.7. The van der Waals surface area contributed by atoms with Crippen molar-refractivity contribution in [3.05, 3.63) is 16.3 Å². The van der Waals surface area contributed by atoms with Crippen molar-refractivity contribution in [1.82, 2.24) is 14.9 Å². The van der Waals surface area contributed by atoms with Gasteiger partial charge in [-0.25, -0.2) is 9.97 Å². The van der Waals surface area contributed by atoms with Crippen LogP contribution in [-0.2, 0) is 24.1 Å². The highest BCUT2D eigenvalue weighted by atomic mass is 32.1. The van der Waals surface area contributed by atoms with Crippen LogP contribution in [0.5, 0.6) is 0 Å². The molecule has 0 N–H and O–H groups in total. The van der Waals surface area contributed by atoms with Crippen molar-refractivity contribution in [2.45, 2.75) is 79.1 Å². The lowest BCUT2D eigenvalue weighted by atomic mass is 9.91.